The molecule has 2 aromatic rings. The maximum atomic E-state index is 12.3. The minimum atomic E-state index is 0. The van der Waals surface area contributed by atoms with Crippen molar-refractivity contribution in [1.29, 1.82) is 0 Å². The molecule has 4 rings (SSSR count). The van der Waals surface area contributed by atoms with Gasteiger partial charge in [-0.25, -0.2) is 4.98 Å². The van der Waals surface area contributed by atoms with E-state index in [1.807, 2.05) is 30.5 Å². The van der Waals surface area contributed by atoms with Gasteiger partial charge in [0.1, 0.15) is 5.65 Å². The topological polar surface area (TPSA) is 58.4 Å². The summed E-state index contributed by atoms with van der Waals surface area (Å²) in [5.41, 5.74) is 1.88. The van der Waals surface area contributed by atoms with Crippen LogP contribution in [0.3, 0.4) is 0 Å². The molecule has 1 unspecified atom stereocenters. The molecule has 1 fully saturated rings. The Balaban J connectivity index is 0.000000882. The molecule has 0 saturated carbocycles. The molecule has 5 nitrogen and oxygen atoms in total. The molecule has 0 aliphatic carbocycles. The summed E-state index contributed by atoms with van der Waals surface area (Å²) in [4.78, 5) is 17.4. The van der Waals surface area contributed by atoms with Crippen molar-refractivity contribution in [1.82, 2.24) is 20.0 Å². The number of nitrogens with zero attached hydrogens (tertiary/aromatic N) is 2. The van der Waals surface area contributed by atoms with Crippen LogP contribution in [0.4, 0.5) is 0 Å². The first kappa shape index (κ1) is 17.1. The summed E-state index contributed by atoms with van der Waals surface area (Å²) in [5, 5.41) is 7.37. The Kier molecular flexibility index (Phi) is 5.39. The normalized spacial score (nSPS) is 19.1. The van der Waals surface area contributed by atoms with Crippen LogP contribution in [-0.2, 0) is 4.79 Å². The van der Waals surface area contributed by atoms with Crippen molar-refractivity contribution in [2.45, 2.75) is 17.5 Å². The lowest BCUT2D eigenvalue weighted by Gasteiger charge is -2.17. The van der Waals surface area contributed by atoms with Crippen molar-refractivity contribution in [2.24, 2.45) is 0 Å². The average Bonchev–Trinajstić information content (AvgIpc) is 3.10. The second-order valence-corrected chi connectivity index (χ2v) is 6.08. The van der Waals surface area contributed by atoms with Gasteiger partial charge >= 0.3 is 0 Å². The third-order valence-electron chi connectivity index (χ3n) is 3.63. The van der Waals surface area contributed by atoms with Gasteiger partial charge in [-0.1, -0.05) is 17.8 Å². The molecular formula is C14H16Cl2N4OS. The van der Waals surface area contributed by atoms with Crippen molar-refractivity contribution in [3.63, 3.8) is 0 Å². The second kappa shape index (κ2) is 6.91. The molecule has 4 heterocycles. The second-order valence-electron chi connectivity index (χ2n) is 5.01. The van der Waals surface area contributed by atoms with Crippen LogP contribution < -0.4 is 10.6 Å². The number of nitrogens with one attached hydrogen (secondary N) is 2. The summed E-state index contributed by atoms with van der Waals surface area (Å²) >= 11 is 1.50. The van der Waals surface area contributed by atoms with Crippen LogP contribution in [0.15, 0.2) is 34.3 Å². The zero-order valence-corrected chi connectivity index (χ0v) is 14.1. The Morgan fingerprint density at radius 2 is 2.27 bits per heavy atom. The van der Waals surface area contributed by atoms with E-state index in [1.54, 1.807) is 0 Å². The van der Waals surface area contributed by atoms with E-state index in [9.17, 15) is 4.79 Å². The number of halogens is 2. The zero-order chi connectivity index (χ0) is 13.5. The molecule has 1 saturated heterocycles. The summed E-state index contributed by atoms with van der Waals surface area (Å²) in [6.45, 7) is 1.83. The molecule has 22 heavy (non-hydrogen) atoms. The number of aromatic nitrogens is 2. The summed E-state index contributed by atoms with van der Waals surface area (Å²) in [5.74, 6) is 0.00755. The molecule has 1 amide bonds. The minimum Gasteiger partial charge on any atom is -0.348 e. The highest BCUT2D eigenvalue weighted by atomic mass is 35.5. The van der Waals surface area contributed by atoms with Gasteiger partial charge in [-0.3, -0.25) is 9.20 Å². The first-order chi connectivity index (χ1) is 9.81. The predicted octanol–water partition coefficient (Wildman–Crippen LogP) is 2.10. The molecule has 1 atom stereocenters. The van der Waals surface area contributed by atoms with Crippen molar-refractivity contribution < 1.29 is 4.79 Å². The van der Waals surface area contributed by atoms with Gasteiger partial charge < -0.3 is 10.6 Å². The molecule has 8 heteroatoms. The number of imidazole rings is 1. The van der Waals surface area contributed by atoms with Crippen molar-refractivity contribution in [3.8, 4) is 0 Å². The number of carbonyl (C=O) groups is 1. The van der Waals surface area contributed by atoms with Crippen LogP contribution in [0, 0.1) is 0 Å². The third-order valence-corrected chi connectivity index (χ3v) is 4.68. The fourth-order valence-corrected chi connectivity index (χ4v) is 3.63. The monoisotopic (exact) mass is 358 g/mol. The lowest BCUT2D eigenvalue weighted by molar-refractivity contribution is -0.117. The average molecular weight is 359 g/mol. The molecule has 0 radical (unpaired) electrons. The summed E-state index contributed by atoms with van der Waals surface area (Å²) in [7, 11) is 0. The lowest BCUT2D eigenvalue weighted by Crippen LogP contribution is -2.36. The number of carbonyl (C=O) groups excluding carboxylic acids is 1. The van der Waals surface area contributed by atoms with E-state index in [0.29, 0.717) is 0 Å². The number of pyridine rings is 1. The van der Waals surface area contributed by atoms with E-state index >= 15 is 0 Å². The van der Waals surface area contributed by atoms with E-state index in [1.165, 1.54) is 11.8 Å². The van der Waals surface area contributed by atoms with Gasteiger partial charge in [-0.05, 0) is 31.2 Å². The molecule has 2 N–H and O–H groups in total. The van der Waals surface area contributed by atoms with Gasteiger partial charge in [-0.15, -0.1) is 24.8 Å². The molecule has 2 aliphatic rings. The van der Waals surface area contributed by atoms with E-state index in [0.717, 1.165) is 40.8 Å². The van der Waals surface area contributed by atoms with Crippen LogP contribution in [0.25, 0.3) is 11.7 Å². The molecule has 0 spiro atoms. The number of rotatable bonds is 2. The Hall–Kier alpha value is -1.21. The Morgan fingerprint density at radius 1 is 1.41 bits per heavy atom. The van der Waals surface area contributed by atoms with E-state index in [-0.39, 0.29) is 36.8 Å². The molecule has 2 aromatic heterocycles. The van der Waals surface area contributed by atoms with Gasteiger partial charge in [0, 0.05) is 12.6 Å². The van der Waals surface area contributed by atoms with Crippen LogP contribution in [0.1, 0.15) is 12.1 Å². The minimum absolute atomic E-state index is 0. The van der Waals surface area contributed by atoms with Crippen LogP contribution in [0.2, 0.25) is 0 Å². The highest BCUT2D eigenvalue weighted by Gasteiger charge is 2.23. The van der Waals surface area contributed by atoms with Gasteiger partial charge in [0.25, 0.3) is 5.91 Å². The molecular weight excluding hydrogens is 343 g/mol. The standard InChI is InChI=1S/C14H14N4OS.2ClH/c19-14(17-9-4-5-15-7-9)11-6-10-8-16-12-2-1-3-13(20-11)18(10)12;;/h1-3,6,8-9,15H,4-5,7H2,(H,17,19);2*1H. The Bertz CT molecular complexity index is 725. The summed E-state index contributed by atoms with van der Waals surface area (Å²) in [6, 6.07) is 6.19. The summed E-state index contributed by atoms with van der Waals surface area (Å²) in [6.07, 6.45) is 4.72. The maximum absolute atomic E-state index is 12.3. The summed E-state index contributed by atoms with van der Waals surface area (Å²) < 4.78 is 2.07. The fourth-order valence-electron chi connectivity index (χ4n) is 2.63. The Labute approximate surface area is 144 Å². The van der Waals surface area contributed by atoms with Gasteiger partial charge in [-0.2, -0.15) is 0 Å². The number of amides is 1. The smallest absolute Gasteiger partial charge is 0.258 e. The molecule has 0 bridgehead atoms. The predicted molar refractivity (Wildman–Crippen MR) is 92.9 cm³/mol. The number of thioether (sulfide) groups is 1. The van der Waals surface area contributed by atoms with Crippen molar-refractivity contribution in [2.75, 3.05) is 13.1 Å². The van der Waals surface area contributed by atoms with Crippen LogP contribution in [-0.4, -0.2) is 34.4 Å². The van der Waals surface area contributed by atoms with Crippen molar-refractivity contribution >= 4 is 54.2 Å². The first-order valence-electron chi connectivity index (χ1n) is 6.69. The maximum Gasteiger partial charge on any atom is 0.258 e. The lowest BCUT2D eigenvalue weighted by atomic mass is 10.2. The highest BCUT2D eigenvalue weighted by Crippen LogP contribution is 2.34. The number of hydrogen-bond donors (Lipinski definition) is 2. The van der Waals surface area contributed by atoms with E-state index in [2.05, 4.69) is 20.0 Å². The Morgan fingerprint density at radius 3 is 3.05 bits per heavy atom. The van der Waals surface area contributed by atoms with Gasteiger partial charge in [0.15, 0.2) is 0 Å². The van der Waals surface area contributed by atoms with Crippen LogP contribution >= 0.6 is 36.6 Å². The number of hydrogen-bond acceptors (Lipinski definition) is 4. The highest BCUT2D eigenvalue weighted by molar-refractivity contribution is 8.04. The largest absolute Gasteiger partial charge is 0.348 e. The molecule has 0 aromatic carbocycles. The molecule has 2 aliphatic heterocycles. The molecule has 118 valence electrons. The van der Waals surface area contributed by atoms with Crippen molar-refractivity contribution in [3.05, 3.63) is 35.0 Å². The van der Waals surface area contributed by atoms with Gasteiger partial charge in [0.2, 0.25) is 0 Å². The zero-order valence-electron chi connectivity index (χ0n) is 11.6. The SMILES string of the molecule is Cl.Cl.O=C(NC1CCNC1)C1=Cc2cnc3cccc(n23)S1. The van der Waals surface area contributed by atoms with Gasteiger partial charge in [0.05, 0.1) is 21.8 Å². The van der Waals surface area contributed by atoms with Crippen LogP contribution in [0.5, 0.6) is 0 Å². The fraction of sp³-hybridized carbons (Fsp3) is 0.286. The first-order valence-corrected chi connectivity index (χ1v) is 7.50. The third kappa shape index (κ3) is 2.96. The van der Waals surface area contributed by atoms with E-state index in [4.69, 9.17) is 0 Å². The quantitative estimate of drug-likeness (QED) is 0.862. The van der Waals surface area contributed by atoms with E-state index < -0.39 is 0 Å².